The monoisotopic (exact) mass is 1380 g/mol. The molecular formula is C106H69N3. The van der Waals surface area contributed by atoms with Crippen molar-refractivity contribution < 1.29 is 0 Å². The maximum Gasteiger partial charge on any atom is 0.164 e. The van der Waals surface area contributed by atoms with Crippen LogP contribution < -0.4 is 0 Å². The molecule has 3 nitrogen and oxygen atoms in total. The van der Waals surface area contributed by atoms with Gasteiger partial charge in [-0.15, -0.1) is 0 Å². The summed E-state index contributed by atoms with van der Waals surface area (Å²) in [5.41, 5.74) is 38.2. The van der Waals surface area contributed by atoms with Gasteiger partial charge < -0.3 is 0 Å². The highest BCUT2D eigenvalue weighted by Gasteiger charge is 2.51. The van der Waals surface area contributed by atoms with E-state index in [2.05, 4.69) is 419 Å². The number of benzene rings is 17. The van der Waals surface area contributed by atoms with Crippen molar-refractivity contribution >= 4 is 0 Å². The largest absolute Gasteiger partial charge is 0.208 e. The molecule has 109 heavy (non-hydrogen) atoms. The highest BCUT2D eigenvalue weighted by atomic mass is 15.0. The molecule has 2 aliphatic carbocycles. The van der Waals surface area contributed by atoms with Gasteiger partial charge in [0, 0.05) is 16.7 Å². The summed E-state index contributed by atoms with van der Waals surface area (Å²) in [6.45, 7) is 0. The molecule has 0 bridgehead atoms. The van der Waals surface area contributed by atoms with Gasteiger partial charge in [-0.2, -0.15) is 0 Å². The number of hydrogen-bond acceptors (Lipinski definition) is 3. The molecule has 1 spiro atoms. The molecule has 2 aliphatic rings. The van der Waals surface area contributed by atoms with Crippen molar-refractivity contribution in [1.82, 2.24) is 15.0 Å². The van der Waals surface area contributed by atoms with Crippen LogP contribution in [-0.4, -0.2) is 15.0 Å². The van der Waals surface area contributed by atoms with Crippen LogP contribution in [0.25, 0.3) is 179 Å². The molecule has 0 atom stereocenters. The Kier molecular flexibility index (Phi) is 16.1. The Morgan fingerprint density at radius 3 is 0.596 bits per heavy atom. The quantitative estimate of drug-likeness (QED) is 0.109. The Balaban J connectivity index is 0.618. The lowest BCUT2D eigenvalue weighted by molar-refractivity contribution is 0.794. The summed E-state index contributed by atoms with van der Waals surface area (Å²) < 4.78 is 0. The summed E-state index contributed by atoms with van der Waals surface area (Å²) >= 11 is 0. The van der Waals surface area contributed by atoms with Gasteiger partial charge in [0.2, 0.25) is 0 Å². The third kappa shape index (κ3) is 11.9. The summed E-state index contributed by atoms with van der Waals surface area (Å²) in [6, 6.07) is 152. The molecular weight excluding hydrogens is 1320 g/mol. The van der Waals surface area contributed by atoms with Gasteiger partial charge in [-0.25, -0.2) is 15.0 Å². The topological polar surface area (TPSA) is 38.7 Å². The highest BCUT2D eigenvalue weighted by Crippen LogP contribution is 2.63. The van der Waals surface area contributed by atoms with E-state index in [0.29, 0.717) is 17.5 Å². The first-order valence-electron chi connectivity index (χ1n) is 37.4. The summed E-state index contributed by atoms with van der Waals surface area (Å²) in [5, 5.41) is 0. The Bertz CT molecular complexity index is 6470. The van der Waals surface area contributed by atoms with Crippen LogP contribution in [0, 0.1) is 0 Å². The number of aromatic nitrogens is 3. The fourth-order valence-electron chi connectivity index (χ4n) is 16.8. The van der Waals surface area contributed by atoms with E-state index in [0.717, 1.165) is 83.5 Å². The Morgan fingerprint density at radius 2 is 0.303 bits per heavy atom. The van der Waals surface area contributed by atoms with Crippen molar-refractivity contribution in [2.45, 2.75) is 5.41 Å². The first-order chi connectivity index (χ1) is 53.9. The lowest BCUT2D eigenvalue weighted by Gasteiger charge is -2.30. The smallest absolute Gasteiger partial charge is 0.164 e. The van der Waals surface area contributed by atoms with Crippen LogP contribution in [0.5, 0.6) is 0 Å². The van der Waals surface area contributed by atoms with E-state index in [1.807, 2.05) is 0 Å². The Hall–Kier alpha value is -14.3. The summed E-state index contributed by atoms with van der Waals surface area (Å²) in [6.07, 6.45) is 0. The van der Waals surface area contributed by atoms with Crippen molar-refractivity contribution in [3.63, 3.8) is 0 Å². The van der Waals surface area contributed by atoms with Gasteiger partial charge in [0.1, 0.15) is 0 Å². The molecule has 0 radical (unpaired) electrons. The number of fused-ring (bicyclic) bond motifs is 10. The first-order valence-corrected chi connectivity index (χ1v) is 37.4. The van der Waals surface area contributed by atoms with Crippen molar-refractivity contribution in [2.75, 3.05) is 0 Å². The molecule has 18 aromatic rings. The van der Waals surface area contributed by atoms with Gasteiger partial charge in [-0.1, -0.05) is 358 Å². The second kappa shape index (κ2) is 27.3. The zero-order valence-electron chi connectivity index (χ0n) is 59.7. The molecule has 0 unspecified atom stereocenters. The summed E-state index contributed by atoms with van der Waals surface area (Å²) in [5.74, 6) is 1.77. The Labute approximate surface area is 635 Å². The average molecular weight is 1380 g/mol. The predicted molar refractivity (Wildman–Crippen MR) is 452 cm³/mol. The standard InChI is InChI=1S/C106H69N3/c1-3-22-70(23-4-1)76-26-13-30-80(60-76)84-34-17-36-86(64-84)82-32-15-28-78(62-82)72-50-54-74(55-51-72)103-107-104(109-105(108-103)94-43-21-42-92(68-94)90-40-19-38-88(66-90)87-37-18-35-85(65-87)81-31-14-27-77(61-81)71-24-5-2-6-25-71)75-56-52-73(53-57-75)79-29-16-33-83(63-79)89-39-20-41-91(67-89)93-58-59-98-97-46-9-12-49-101(97)106(102(98)69-93)99-47-10-7-44-95(99)96-45-8-11-48-100(96)106/h1-69H. The van der Waals surface area contributed by atoms with Crippen molar-refractivity contribution in [3.8, 4) is 179 Å². The first kappa shape index (κ1) is 64.4. The molecule has 20 rings (SSSR count). The molecule has 3 heteroatoms. The number of rotatable bonds is 14. The minimum Gasteiger partial charge on any atom is -0.208 e. The van der Waals surface area contributed by atoms with E-state index < -0.39 is 5.41 Å². The lowest BCUT2D eigenvalue weighted by Crippen LogP contribution is -2.25. The molecule has 0 saturated heterocycles. The van der Waals surface area contributed by atoms with Crippen molar-refractivity contribution in [2.24, 2.45) is 0 Å². The average Bonchev–Trinajstić information content (AvgIpc) is 1.51. The van der Waals surface area contributed by atoms with Crippen LogP contribution in [0.3, 0.4) is 0 Å². The van der Waals surface area contributed by atoms with Crippen molar-refractivity contribution in [3.05, 3.63) is 441 Å². The van der Waals surface area contributed by atoms with E-state index in [9.17, 15) is 0 Å². The van der Waals surface area contributed by atoms with Gasteiger partial charge in [0.15, 0.2) is 17.5 Å². The van der Waals surface area contributed by atoms with Crippen LogP contribution >= 0.6 is 0 Å². The van der Waals surface area contributed by atoms with Gasteiger partial charge in [0.05, 0.1) is 5.41 Å². The molecule has 0 amide bonds. The molecule has 0 aliphatic heterocycles. The van der Waals surface area contributed by atoms with Crippen LogP contribution in [0.15, 0.2) is 419 Å². The molecule has 508 valence electrons. The Morgan fingerprint density at radius 1 is 0.119 bits per heavy atom. The second-order valence-corrected chi connectivity index (χ2v) is 28.6. The van der Waals surface area contributed by atoms with E-state index >= 15 is 0 Å². The lowest BCUT2D eigenvalue weighted by atomic mass is 9.70. The second-order valence-electron chi connectivity index (χ2n) is 28.6. The van der Waals surface area contributed by atoms with Gasteiger partial charge >= 0.3 is 0 Å². The molecule has 17 aromatic carbocycles. The fraction of sp³-hybridized carbons (Fsp3) is 0.00943. The molecule has 0 N–H and O–H groups in total. The highest BCUT2D eigenvalue weighted by molar-refractivity contribution is 5.97. The minimum atomic E-state index is -0.408. The minimum absolute atomic E-state index is 0.408. The van der Waals surface area contributed by atoms with Gasteiger partial charge in [-0.3, -0.25) is 0 Å². The normalized spacial score (nSPS) is 12.1. The summed E-state index contributed by atoms with van der Waals surface area (Å²) in [7, 11) is 0. The zero-order chi connectivity index (χ0) is 72.2. The fourth-order valence-corrected chi connectivity index (χ4v) is 16.8. The molecule has 0 saturated carbocycles. The van der Waals surface area contributed by atoms with Crippen LogP contribution in [0.4, 0.5) is 0 Å². The van der Waals surface area contributed by atoms with E-state index in [1.54, 1.807) is 0 Å². The number of hydrogen-bond donors (Lipinski definition) is 0. The maximum atomic E-state index is 5.35. The van der Waals surface area contributed by atoms with E-state index in [4.69, 9.17) is 15.0 Å². The molecule has 1 aromatic heterocycles. The van der Waals surface area contributed by atoms with E-state index in [-0.39, 0.29) is 0 Å². The number of nitrogens with zero attached hydrogens (tertiary/aromatic N) is 3. The van der Waals surface area contributed by atoms with Crippen molar-refractivity contribution in [1.29, 1.82) is 0 Å². The molecule has 0 fully saturated rings. The van der Waals surface area contributed by atoms with Crippen LogP contribution in [0.2, 0.25) is 0 Å². The predicted octanol–water partition coefficient (Wildman–Crippen LogP) is 27.6. The van der Waals surface area contributed by atoms with Gasteiger partial charge in [0.25, 0.3) is 0 Å². The van der Waals surface area contributed by atoms with Crippen LogP contribution in [-0.2, 0) is 5.41 Å². The summed E-state index contributed by atoms with van der Waals surface area (Å²) in [4.78, 5) is 16.0. The maximum absolute atomic E-state index is 5.35. The van der Waals surface area contributed by atoms with Crippen LogP contribution in [0.1, 0.15) is 22.3 Å². The SMILES string of the molecule is c1ccc(-c2cccc(-c3cccc(-c4cccc(-c5ccc(-c6nc(-c7ccc(-c8cccc(-c9cccc(-c%10ccc%11c(c%10)C%10(c%12ccccc%12-c%12ccccc%12%10)c%10ccccc%10-%11)c9)c8)cc7)nc(-c7cccc(-c8cccc(-c9cccc(-c%10cccc(-c%11ccccc%11)c%10)c9)c8)c7)n6)cc5)c4)c3)c2)cc1. The zero-order valence-corrected chi connectivity index (χ0v) is 59.7. The van der Waals surface area contributed by atoms with Gasteiger partial charge in [-0.05, 0) is 228 Å². The molecule has 1 heterocycles. The third-order valence-corrected chi connectivity index (χ3v) is 22.2. The third-order valence-electron chi connectivity index (χ3n) is 22.2. The van der Waals surface area contributed by atoms with E-state index in [1.165, 1.54) is 100 Å².